The van der Waals surface area contributed by atoms with Crippen LogP contribution in [0.25, 0.3) is 0 Å². The summed E-state index contributed by atoms with van der Waals surface area (Å²) in [6, 6.07) is 7.88. The monoisotopic (exact) mass is 380 g/mol. The number of nitrogens with one attached hydrogen (secondary N) is 2. The molecule has 6 nitrogen and oxygen atoms in total. The number of carbonyl (C=O) groups excluding carboxylic acids is 2. The minimum atomic E-state index is -0.114. The molecule has 0 bridgehead atoms. The third-order valence-electron chi connectivity index (χ3n) is 5.11. The average molecular weight is 381 g/mol. The van der Waals surface area contributed by atoms with Crippen molar-refractivity contribution >= 4 is 30.0 Å². The van der Waals surface area contributed by atoms with Crippen LogP contribution in [0.1, 0.15) is 25.3 Å². The molecule has 26 heavy (non-hydrogen) atoms. The fourth-order valence-corrected chi connectivity index (χ4v) is 3.69. The van der Waals surface area contributed by atoms with Crippen LogP contribution in [0.3, 0.4) is 0 Å². The summed E-state index contributed by atoms with van der Waals surface area (Å²) in [5.41, 5.74) is 1.91. The molecule has 2 saturated heterocycles. The number of hydrogen-bond donors (Lipinski definition) is 2. The minimum absolute atomic E-state index is 0. The van der Waals surface area contributed by atoms with E-state index in [1.807, 2.05) is 36.1 Å². The Morgan fingerprint density at radius 1 is 1.27 bits per heavy atom. The van der Waals surface area contributed by atoms with Crippen molar-refractivity contribution in [2.45, 2.75) is 32.7 Å². The highest BCUT2D eigenvalue weighted by molar-refractivity contribution is 5.90. The van der Waals surface area contributed by atoms with E-state index in [2.05, 4.69) is 17.6 Å². The first-order chi connectivity index (χ1) is 12.0. The lowest BCUT2D eigenvalue weighted by molar-refractivity contribution is -0.139. The first kappa shape index (κ1) is 20.5. The highest BCUT2D eigenvalue weighted by Crippen LogP contribution is 2.21. The van der Waals surface area contributed by atoms with E-state index < -0.39 is 0 Å². The fraction of sp³-hybridized carbons (Fsp3) is 0.579. The van der Waals surface area contributed by atoms with Gasteiger partial charge in [-0.15, -0.1) is 12.4 Å². The van der Waals surface area contributed by atoms with E-state index in [-0.39, 0.29) is 36.3 Å². The summed E-state index contributed by atoms with van der Waals surface area (Å²) in [6.07, 6.45) is 1.74. The summed E-state index contributed by atoms with van der Waals surface area (Å²) in [6.45, 7) is 7.74. The van der Waals surface area contributed by atoms with Crippen molar-refractivity contribution in [1.82, 2.24) is 15.1 Å². The Bertz CT molecular complexity index is 640. The van der Waals surface area contributed by atoms with Crippen LogP contribution < -0.4 is 10.6 Å². The predicted octanol–water partition coefficient (Wildman–Crippen LogP) is 2.48. The Morgan fingerprint density at radius 3 is 2.81 bits per heavy atom. The molecular formula is C19H29ClN4O2. The van der Waals surface area contributed by atoms with E-state index in [9.17, 15) is 9.59 Å². The van der Waals surface area contributed by atoms with Crippen LogP contribution in [0.5, 0.6) is 0 Å². The third-order valence-corrected chi connectivity index (χ3v) is 5.11. The number of likely N-dealkylation sites (tertiary alicyclic amines) is 1. The maximum absolute atomic E-state index is 12.9. The zero-order valence-corrected chi connectivity index (χ0v) is 16.3. The van der Waals surface area contributed by atoms with Gasteiger partial charge in [0, 0.05) is 44.5 Å². The molecule has 2 aliphatic rings. The second-order valence-electron chi connectivity index (χ2n) is 7.17. The zero-order valence-electron chi connectivity index (χ0n) is 15.5. The third kappa shape index (κ3) is 4.89. The Hall–Kier alpha value is -1.79. The summed E-state index contributed by atoms with van der Waals surface area (Å²) >= 11 is 0. The van der Waals surface area contributed by atoms with Gasteiger partial charge in [-0.1, -0.05) is 12.1 Å². The van der Waals surface area contributed by atoms with E-state index in [1.54, 1.807) is 4.90 Å². The van der Waals surface area contributed by atoms with Gasteiger partial charge in [0.25, 0.3) is 0 Å². The van der Waals surface area contributed by atoms with Gasteiger partial charge in [-0.05, 0) is 44.4 Å². The summed E-state index contributed by atoms with van der Waals surface area (Å²) in [7, 11) is 0. The molecule has 3 rings (SSSR count). The fourth-order valence-electron chi connectivity index (χ4n) is 3.69. The van der Waals surface area contributed by atoms with Gasteiger partial charge in [0.1, 0.15) is 0 Å². The number of amides is 3. The van der Waals surface area contributed by atoms with Gasteiger partial charge < -0.3 is 20.4 Å². The second kappa shape index (κ2) is 9.24. The summed E-state index contributed by atoms with van der Waals surface area (Å²) in [5, 5.41) is 6.27. The standard InChI is InChI=1S/C19H28N4O2.ClH/c1-14-5-3-7-17(11-14)21-19(25)22-9-4-6-16(13-22)18(24)23-10-8-20-12-15(23)2;/h3,5,7,11,15-16,20H,4,6,8-10,12-13H2,1-2H3,(H,21,25);1H/t15-,16?;/m1./s1. The number of nitrogens with zero attached hydrogens (tertiary/aromatic N) is 2. The number of hydrogen-bond acceptors (Lipinski definition) is 3. The van der Waals surface area contributed by atoms with Crippen molar-refractivity contribution in [2.24, 2.45) is 5.92 Å². The van der Waals surface area contributed by atoms with E-state index in [4.69, 9.17) is 0 Å². The SMILES string of the molecule is Cc1cccc(NC(=O)N2CCCC(C(=O)N3CCNC[C@H]3C)C2)c1.Cl. The molecule has 7 heteroatoms. The molecule has 1 aromatic carbocycles. The maximum Gasteiger partial charge on any atom is 0.321 e. The molecule has 1 unspecified atom stereocenters. The molecule has 0 aliphatic carbocycles. The van der Waals surface area contributed by atoms with Gasteiger partial charge in [-0.3, -0.25) is 4.79 Å². The Labute approximate surface area is 161 Å². The predicted molar refractivity (Wildman–Crippen MR) is 106 cm³/mol. The number of rotatable bonds is 2. The van der Waals surface area contributed by atoms with Crippen molar-refractivity contribution in [2.75, 3.05) is 38.0 Å². The van der Waals surface area contributed by atoms with Crippen LogP contribution >= 0.6 is 12.4 Å². The number of carbonyl (C=O) groups is 2. The van der Waals surface area contributed by atoms with Crippen molar-refractivity contribution in [3.63, 3.8) is 0 Å². The molecule has 2 fully saturated rings. The van der Waals surface area contributed by atoms with Gasteiger partial charge in [0.05, 0.1) is 5.92 Å². The Morgan fingerprint density at radius 2 is 2.08 bits per heavy atom. The van der Waals surface area contributed by atoms with Gasteiger partial charge >= 0.3 is 6.03 Å². The van der Waals surface area contributed by atoms with Crippen LogP contribution in [0.4, 0.5) is 10.5 Å². The second-order valence-corrected chi connectivity index (χ2v) is 7.17. The number of benzene rings is 1. The van der Waals surface area contributed by atoms with E-state index >= 15 is 0 Å². The normalized spacial score (nSPS) is 23.2. The number of aryl methyl sites for hydroxylation is 1. The molecule has 0 spiro atoms. The number of urea groups is 1. The largest absolute Gasteiger partial charge is 0.337 e. The van der Waals surface area contributed by atoms with Crippen molar-refractivity contribution < 1.29 is 9.59 Å². The van der Waals surface area contributed by atoms with Gasteiger partial charge in [-0.25, -0.2) is 4.79 Å². The molecule has 0 saturated carbocycles. The van der Waals surface area contributed by atoms with Crippen LogP contribution in [-0.2, 0) is 4.79 Å². The van der Waals surface area contributed by atoms with Gasteiger partial charge in [0.2, 0.25) is 5.91 Å². The number of piperidine rings is 1. The summed E-state index contributed by atoms with van der Waals surface area (Å²) in [5.74, 6) is 0.111. The highest BCUT2D eigenvalue weighted by atomic mass is 35.5. The molecule has 0 aromatic heterocycles. The van der Waals surface area contributed by atoms with Crippen molar-refractivity contribution in [3.05, 3.63) is 29.8 Å². The first-order valence-corrected chi connectivity index (χ1v) is 9.18. The van der Waals surface area contributed by atoms with Crippen LogP contribution in [-0.4, -0.2) is 60.5 Å². The zero-order chi connectivity index (χ0) is 17.8. The average Bonchev–Trinajstić information content (AvgIpc) is 2.62. The lowest BCUT2D eigenvalue weighted by atomic mass is 9.95. The maximum atomic E-state index is 12.9. The smallest absolute Gasteiger partial charge is 0.321 e. The van der Waals surface area contributed by atoms with Gasteiger partial charge in [-0.2, -0.15) is 0 Å². The topological polar surface area (TPSA) is 64.7 Å². The van der Waals surface area contributed by atoms with E-state index in [1.165, 1.54) is 0 Å². The summed E-state index contributed by atoms with van der Waals surface area (Å²) in [4.78, 5) is 29.2. The first-order valence-electron chi connectivity index (χ1n) is 9.18. The molecule has 0 radical (unpaired) electrons. The van der Waals surface area contributed by atoms with Crippen LogP contribution in [0.2, 0.25) is 0 Å². The van der Waals surface area contributed by atoms with Gasteiger partial charge in [0.15, 0.2) is 0 Å². The molecule has 2 aliphatic heterocycles. The highest BCUT2D eigenvalue weighted by Gasteiger charge is 2.33. The number of anilines is 1. The van der Waals surface area contributed by atoms with E-state index in [0.29, 0.717) is 13.1 Å². The molecule has 144 valence electrons. The van der Waals surface area contributed by atoms with Crippen LogP contribution in [0, 0.1) is 12.8 Å². The molecule has 1 aromatic rings. The lowest BCUT2D eigenvalue weighted by Gasteiger charge is -2.39. The van der Waals surface area contributed by atoms with Crippen molar-refractivity contribution in [3.8, 4) is 0 Å². The molecule has 2 heterocycles. The van der Waals surface area contributed by atoms with Crippen LogP contribution in [0.15, 0.2) is 24.3 Å². The number of piperazine rings is 1. The molecule has 3 amide bonds. The minimum Gasteiger partial charge on any atom is -0.337 e. The summed E-state index contributed by atoms with van der Waals surface area (Å²) < 4.78 is 0. The Kier molecular flexibility index (Phi) is 7.29. The molecule has 2 N–H and O–H groups in total. The number of halogens is 1. The lowest BCUT2D eigenvalue weighted by Crippen LogP contribution is -2.56. The van der Waals surface area contributed by atoms with E-state index in [0.717, 1.165) is 43.7 Å². The van der Waals surface area contributed by atoms with Crippen molar-refractivity contribution in [1.29, 1.82) is 0 Å². The molecule has 2 atom stereocenters. The molecular weight excluding hydrogens is 352 g/mol. The Balaban J connectivity index is 0.00000243. The quantitative estimate of drug-likeness (QED) is 0.828.